The number of halogens is 1. The molecule has 0 spiro atoms. The number of imide groups is 1. The molecule has 8 rings (SSSR count). The van der Waals surface area contributed by atoms with Gasteiger partial charge in [-0.2, -0.15) is 8.42 Å². The van der Waals surface area contributed by atoms with Crippen molar-refractivity contribution < 1.29 is 36.7 Å². The summed E-state index contributed by atoms with van der Waals surface area (Å²) in [7, 11) is -2.65. The van der Waals surface area contributed by atoms with Gasteiger partial charge in [0, 0.05) is 31.9 Å². The molecular formula is C45H45FN6O8S. The van der Waals surface area contributed by atoms with E-state index in [4.69, 9.17) is 9.47 Å². The third-order valence-electron chi connectivity index (χ3n) is 11.2. The molecule has 0 radical (unpaired) electrons. The molecular weight excluding hydrogens is 804 g/mol. The summed E-state index contributed by atoms with van der Waals surface area (Å²) in [6, 6.07) is 28.8. The monoisotopic (exact) mass is 848 g/mol. The van der Waals surface area contributed by atoms with E-state index >= 15 is 4.39 Å². The maximum Gasteiger partial charge on any atom is 0.329 e. The Kier molecular flexibility index (Phi) is 11.2. The van der Waals surface area contributed by atoms with E-state index < -0.39 is 40.4 Å². The third kappa shape index (κ3) is 8.59. The lowest BCUT2D eigenvalue weighted by molar-refractivity contribution is -0.135. The summed E-state index contributed by atoms with van der Waals surface area (Å²) in [4.78, 5) is 49.6. The summed E-state index contributed by atoms with van der Waals surface area (Å²) in [6.07, 6.45) is 1.13. The Morgan fingerprint density at radius 3 is 2.33 bits per heavy atom. The Bertz CT molecular complexity index is 2860. The molecule has 0 aliphatic carbocycles. The second kappa shape index (κ2) is 16.5. The molecule has 5 aromatic carbocycles. The molecule has 2 aliphatic rings. The summed E-state index contributed by atoms with van der Waals surface area (Å²) < 4.78 is 59.7. The molecule has 61 heavy (non-hydrogen) atoms. The number of hydrogen-bond acceptors (Lipinski definition) is 9. The maximum absolute atomic E-state index is 16.4. The number of aromatic nitrogens is 2. The van der Waals surface area contributed by atoms with E-state index in [0.717, 1.165) is 22.3 Å². The van der Waals surface area contributed by atoms with Crippen molar-refractivity contribution in [2.24, 2.45) is 12.5 Å². The van der Waals surface area contributed by atoms with Crippen LogP contribution in [-0.4, -0.2) is 55.0 Å². The van der Waals surface area contributed by atoms with Gasteiger partial charge in [0.2, 0.25) is 11.8 Å². The smallest absolute Gasteiger partial charge is 0.329 e. The molecule has 3 amide bonds. The lowest BCUT2D eigenvalue weighted by Gasteiger charge is -2.25. The summed E-state index contributed by atoms with van der Waals surface area (Å²) >= 11 is 0. The highest BCUT2D eigenvalue weighted by atomic mass is 32.2. The van der Waals surface area contributed by atoms with Gasteiger partial charge in [0.05, 0.1) is 17.6 Å². The summed E-state index contributed by atoms with van der Waals surface area (Å²) in [5.41, 5.74) is 4.27. The second-order valence-electron chi connectivity index (χ2n) is 16.2. The van der Waals surface area contributed by atoms with Crippen LogP contribution in [-0.2, 0) is 44.8 Å². The summed E-state index contributed by atoms with van der Waals surface area (Å²) in [5.74, 6) is -2.03. The van der Waals surface area contributed by atoms with Gasteiger partial charge in [0.1, 0.15) is 36.4 Å². The van der Waals surface area contributed by atoms with Crippen molar-refractivity contribution in [1.29, 1.82) is 0 Å². The van der Waals surface area contributed by atoms with Crippen molar-refractivity contribution in [1.82, 2.24) is 24.5 Å². The van der Waals surface area contributed by atoms with Crippen LogP contribution in [0.1, 0.15) is 50.3 Å². The number of nitrogens with zero attached hydrogens (tertiary/aromatic N) is 3. The number of carbonyl (C=O) groups is 3. The average molecular weight is 849 g/mol. The molecule has 16 heteroatoms. The molecule has 2 saturated heterocycles. The van der Waals surface area contributed by atoms with Crippen molar-refractivity contribution in [3.05, 3.63) is 124 Å². The van der Waals surface area contributed by atoms with Gasteiger partial charge in [-0.1, -0.05) is 80.6 Å². The van der Waals surface area contributed by atoms with Crippen LogP contribution in [0.3, 0.4) is 0 Å². The number of aryl methyl sites for hydroxylation is 1. The molecule has 3 N–H and O–H groups in total. The van der Waals surface area contributed by atoms with Crippen LogP contribution in [0.2, 0.25) is 0 Å². The van der Waals surface area contributed by atoms with E-state index in [9.17, 15) is 27.6 Å². The van der Waals surface area contributed by atoms with Gasteiger partial charge in [-0.15, -0.1) is 0 Å². The first-order valence-electron chi connectivity index (χ1n) is 19.9. The Morgan fingerprint density at radius 1 is 0.852 bits per heavy atom. The van der Waals surface area contributed by atoms with Gasteiger partial charge in [0.15, 0.2) is 5.82 Å². The van der Waals surface area contributed by atoms with Gasteiger partial charge in [-0.05, 0) is 76.2 Å². The second-order valence-corrected chi connectivity index (χ2v) is 17.8. The fourth-order valence-corrected chi connectivity index (χ4v) is 8.94. The Morgan fingerprint density at radius 2 is 1.61 bits per heavy atom. The first-order valence-corrected chi connectivity index (χ1v) is 21.4. The minimum Gasteiger partial charge on any atom is -0.494 e. The Labute approximate surface area is 351 Å². The quantitative estimate of drug-likeness (QED) is 0.118. The molecule has 3 heterocycles. The van der Waals surface area contributed by atoms with E-state index in [-0.39, 0.29) is 53.3 Å². The number of hydrogen-bond donors (Lipinski definition) is 3. The van der Waals surface area contributed by atoms with Gasteiger partial charge in [0.25, 0.3) is 5.91 Å². The van der Waals surface area contributed by atoms with E-state index in [1.165, 1.54) is 15.2 Å². The predicted octanol–water partition coefficient (Wildman–Crippen LogP) is 5.62. The van der Waals surface area contributed by atoms with Crippen molar-refractivity contribution in [3.63, 3.8) is 0 Å². The van der Waals surface area contributed by atoms with Crippen LogP contribution in [0.15, 0.2) is 102 Å². The highest BCUT2D eigenvalue weighted by Gasteiger charge is 2.38. The average Bonchev–Trinajstić information content (AvgIpc) is 3.65. The number of piperidine rings is 1. The Hall–Kier alpha value is -6.52. The molecule has 1 atom stereocenters. The third-order valence-corrected chi connectivity index (χ3v) is 12.6. The number of anilines is 1. The van der Waals surface area contributed by atoms with Crippen molar-refractivity contribution in [2.45, 2.75) is 52.3 Å². The molecule has 1 unspecified atom stereocenters. The van der Waals surface area contributed by atoms with E-state index in [2.05, 4.69) is 24.5 Å². The van der Waals surface area contributed by atoms with Gasteiger partial charge in [-0.25, -0.2) is 18.2 Å². The van der Waals surface area contributed by atoms with Crippen LogP contribution in [0.25, 0.3) is 32.9 Å². The molecule has 1 aromatic heterocycles. The number of nitrogens with one attached hydrogen (secondary N) is 3. The van der Waals surface area contributed by atoms with Crippen LogP contribution < -0.4 is 34.8 Å². The number of carbonyl (C=O) groups excluding carboxylic acids is 3. The van der Waals surface area contributed by atoms with Crippen LogP contribution in [0, 0.1) is 11.2 Å². The number of benzene rings is 5. The molecule has 6 aromatic rings. The lowest BCUT2D eigenvalue weighted by atomic mass is 9.89. The largest absolute Gasteiger partial charge is 0.494 e. The molecule has 0 bridgehead atoms. The van der Waals surface area contributed by atoms with Crippen molar-refractivity contribution in [2.75, 3.05) is 24.0 Å². The van der Waals surface area contributed by atoms with Crippen LogP contribution >= 0.6 is 0 Å². The first kappa shape index (κ1) is 41.2. The van der Waals surface area contributed by atoms with E-state index in [1.54, 1.807) is 25.2 Å². The maximum atomic E-state index is 16.4. The van der Waals surface area contributed by atoms with Gasteiger partial charge in [-0.3, -0.25) is 28.8 Å². The lowest BCUT2D eigenvalue weighted by Crippen LogP contribution is -2.44. The summed E-state index contributed by atoms with van der Waals surface area (Å²) in [5, 5.41) is 6.47. The fraction of sp³-hybridized carbons (Fsp3) is 0.289. The molecule has 2 aliphatic heterocycles. The minimum absolute atomic E-state index is 0.0137. The number of rotatable bonds is 14. The minimum atomic E-state index is -4.33. The molecule has 0 saturated carbocycles. The van der Waals surface area contributed by atoms with Crippen LogP contribution in [0.5, 0.6) is 11.5 Å². The van der Waals surface area contributed by atoms with Crippen molar-refractivity contribution >= 4 is 55.4 Å². The highest BCUT2D eigenvalue weighted by Crippen LogP contribution is 2.41. The number of fused-ring (bicyclic) bond motifs is 2. The van der Waals surface area contributed by atoms with E-state index in [1.807, 2.05) is 77.5 Å². The number of ether oxygens (including phenoxy) is 2. The van der Waals surface area contributed by atoms with E-state index in [0.29, 0.717) is 52.6 Å². The number of amides is 3. The van der Waals surface area contributed by atoms with Gasteiger partial charge >= 0.3 is 15.9 Å². The molecule has 2 fully saturated rings. The summed E-state index contributed by atoms with van der Waals surface area (Å²) in [6.45, 7) is 5.38. The highest BCUT2D eigenvalue weighted by molar-refractivity contribution is 7.92. The predicted molar refractivity (Wildman–Crippen MR) is 229 cm³/mol. The van der Waals surface area contributed by atoms with Crippen LogP contribution in [0.4, 0.5) is 10.1 Å². The first-order chi connectivity index (χ1) is 29.2. The zero-order chi connectivity index (χ0) is 43.1. The topological polar surface area (TPSA) is 170 Å². The number of imidazole rings is 1. The SMILES string of the molecule is Cn1c(=O)n(C2CCC(=O)NC2=O)c2ccc(-c3ccc(CNCC(C)(C)CCOc4ccc5cc(OCc6ccccc6)c(N6CC(=O)NS6(=O)=O)c(F)c5c4)cc3)cc21. The van der Waals surface area contributed by atoms with Gasteiger partial charge < -0.3 is 14.8 Å². The van der Waals surface area contributed by atoms with Crippen molar-refractivity contribution in [3.8, 4) is 22.6 Å². The fourth-order valence-electron chi connectivity index (χ4n) is 7.78. The molecule has 316 valence electrons. The standard InChI is InChI=1S/C45H45FN6O8S/c1-45(2,27-47-24-28-9-11-30(12-10-28)31-14-16-35-37(21-31)50(3)44(56)52(35)36-17-18-39(53)48-43(36)55)19-20-59-33-15-13-32-22-38(60-26-29-7-5-4-6-8-29)42(41(46)34(32)23-33)51-25-40(54)49-61(51,57)58/h4-16,21-23,36,47H,17-20,24-27H2,1-3H3,(H,49,54)(H,48,53,55). The zero-order valence-electron chi connectivity index (χ0n) is 33.9. The Balaban J connectivity index is 0.885. The zero-order valence-corrected chi connectivity index (χ0v) is 34.7. The molecule has 14 nitrogen and oxygen atoms in total. The normalized spacial score (nSPS) is 16.6.